The van der Waals surface area contributed by atoms with Crippen LogP contribution in [0, 0.1) is 0 Å². The minimum Gasteiger partial charge on any atom is -0.200 e. The summed E-state index contributed by atoms with van der Waals surface area (Å²) in [6.07, 6.45) is -26.2. The van der Waals surface area contributed by atoms with Gasteiger partial charge in [-0.25, -0.2) is 0 Å². The molecule has 0 radical (unpaired) electrons. The van der Waals surface area contributed by atoms with Crippen molar-refractivity contribution in [3.8, 4) is 0 Å². The topological polar surface area (TPSA) is 0 Å². The van der Waals surface area contributed by atoms with Crippen LogP contribution in [0.3, 0.4) is 0 Å². The minimum absolute atomic E-state index is 4.87. The van der Waals surface area contributed by atoms with E-state index >= 15 is 0 Å². The number of alkyl halides is 34. The van der Waals surface area contributed by atoms with Gasteiger partial charge in [0.1, 0.15) is 0 Å². The zero-order chi connectivity index (χ0) is 43.4. The van der Waals surface area contributed by atoms with Gasteiger partial charge in [-0.1, -0.05) is 0 Å². The lowest BCUT2D eigenvalue weighted by atomic mass is 9.85. The van der Waals surface area contributed by atoms with Crippen LogP contribution >= 0.6 is 0 Å². The molecule has 0 aliphatic carbocycles. The third kappa shape index (κ3) is 6.07. The van der Waals surface area contributed by atoms with E-state index in [1.54, 1.807) is 0 Å². The maximum absolute atomic E-state index is 13.7. The van der Waals surface area contributed by atoms with E-state index in [1.807, 2.05) is 0 Å². The summed E-state index contributed by atoms with van der Waals surface area (Å²) in [4.78, 5) is 0. The van der Waals surface area contributed by atoms with Crippen LogP contribution in [-0.2, 0) is 0 Å². The van der Waals surface area contributed by atoms with Gasteiger partial charge in [0.25, 0.3) is 0 Å². The first-order valence-electron chi connectivity index (χ1n) is 11.1. The van der Waals surface area contributed by atoms with Gasteiger partial charge in [0.15, 0.2) is 0 Å². The number of rotatable bonds is 15. The van der Waals surface area contributed by atoms with E-state index in [1.165, 1.54) is 0 Å². The van der Waals surface area contributed by atoms with Crippen molar-refractivity contribution in [1.82, 2.24) is 0 Å². The summed E-state index contributed by atoms with van der Waals surface area (Å²) in [6.45, 7) is 0. The Morgan fingerprint density at radius 1 is 0.154 bits per heavy atom. The molecule has 0 amide bonds. The first kappa shape index (κ1) is 49.6. The van der Waals surface area contributed by atoms with Gasteiger partial charge in [-0.2, -0.15) is 149 Å². The fraction of sp³-hybridized carbons (Fsp3) is 1.00. The zero-order valence-corrected chi connectivity index (χ0v) is 22.3. The molecule has 0 nitrogen and oxygen atoms in total. The minimum atomic E-state index is -9.43. The average Bonchev–Trinajstić information content (AvgIpc) is 2.89. The highest BCUT2D eigenvalue weighted by atomic mass is 19.4. The second kappa shape index (κ2) is 12.1. The molecule has 0 aliphatic heterocycles. The summed E-state index contributed by atoms with van der Waals surface area (Å²) in [6, 6.07) is 0. The summed E-state index contributed by atoms with van der Waals surface area (Å²) in [5.41, 5.74) is 0. The molecule has 0 spiro atoms. The van der Waals surface area contributed by atoms with Crippen LogP contribution in [-0.4, -0.2) is 95.3 Å². The van der Waals surface area contributed by atoms with Gasteiger partial charge in [0.2, 0.25) is 0 Å². The Hall–Kier alpha value is -2.38. The molecule has 0 atom stereocenters. The third-order valence-corrected chi connectivity index (χ3v) is 6.33. The second-order valence-electron chi connectivity index (χ2n) is 9.80. The lowest BCUT2D eigenvalue weighted by Crippen LogP contribution is -2.75. The van der Waals surface area contributed by atoms with Crippen LogP contribution in [0.25, 0.3) is 0 Å². The van der Waals surface area contributed by atoms with Crippen LogP contribution in [0.4, 0.5) is 149 Å². The van der Waals surface area contributed by atoms with Gasteiger partial charge in [-0.05, 0) is 0 Å². The SMILES string of the molecule is FC(F)(F)C(F)(F)C(F)(F)C(F)(F)C(F)(F)C(F)(F)C(F)(F)C(F)(F)CCC(F)(F)C(F)(F)C(F)(F)C(F)(F)C(F)(F)C(F)(F)C(F)(F)C(F)(F)F. The summed E-state index contributed by atoms with van der Waals surface area (Å²) < 4.78 is 447. The normalized spacial score (nSPS) is 17.2. The van der Waals surface area contributed by atoms with Gasteiger partial charge in [-0.3, -0.25) is 0 Å². The number of hydrogen-bond acceptors (Lipinski definition) is 0. The van der Waals surface area contributed by atoms with E-state index in [0.717, 1.165) is 0 Å². The first-order valence-corrected chi connectivity index (χ1v) is 11.1. The predicted molar refractivity (Wildman–Crippen MR) is 90.6 cm³/mol. The van der Waals surface area contributed by atoms with Gasteiger partial charge in [0, 0.05) is 12.8 Å². The molecule has 0 rings (SSSR count). The Balaban J connectivity index is 7.05. The molecule has 0 saturated carbocycles. The van der Waals surface area contributed by atoms with Crippen LogP contribution in [0.1, 0.15) is 12.8 Å². The van der Waals surface area contributed by atoms with Crippen molar-refractivity contribution in [2.45, 2.75) is 108 Å². The second-order valence-corrected chi connectivity index (χ2v) is 9.80. The maximum Gasteiger partial charge on any atom is 0.460 e. The van der Waals surface area contributed by atoms with Crippen molar-refractivity contribution in [3.05, 3.63) is 0 Å². The zero-order valence-electron chi connectivity index (χ0n) is 22.3. The predicted octanol–water partition coefficient (Wildman–Crippen LogP) is 11.8. The largest absolute Gasteiger partial charge is 0.460 e. The van der Waals surface area contributed by atoms with Crippen LogP contribution in [0.15, 0.2) is 0 Å². The van der Waals surface area contributed by atoms with Crippen molar-refractivity contribution >= 4 is 0 Å². The molecular weight excluding hydrogens is 862 g/mol. The maximum atomic E-state index is 13.7. The Morgan fingerprint density at radius 2 is 0.269 bits per heavy atom. The monoisotopic (exact) mass is 866 g/mol. The number of hydrogen-bond donors (Lipinski definition) is 0. The summed E-state index contributed by atoms with van der Waals surface area (Å²) in [5.74, 6) is -126. The Labute approximate surface area is 259 Å². The first-order chi connectivity index (χ1) is 21.7. The fourth-order valence-electron chi connectivity index (χ4n) is 3.02. The van der Waals surface area contributed by atoms with E-state index in [0.29, 0.717) is 0 Å². The molecule has 52 heavy (non-hydrogen) atoms. The Bertz CT molecular complexity index is 1170. The summed E-state index contributed by atoms with van der Waals surface area (Å²) in [5, 5.41) is 0. The molecule has 0 aromatic heterocycles. The highest BCUT2D eigenvalue weighted by Gasteiger charge is 2.97. The van der Waals surface area contributed by atoms with Crippen LogP contribution in [0.2, 0.25) is 0 Å². The van der Waals surface area contributed by atoms with Crippen molar-refractivity contribution in [3.63, 3.8) is 0 Å². The van der Waals surface area contributed by atoms with Crippen molar-refractivity contribution in [2.75, 3.05) is 0 Å². The smallest absolute Gasteiger partial charge is 0.200 e. The molecule has 314 valence electrons. The van der Waals surface area contributed by atoms with Crippen molar-refractivity contribution in [1.29, 1.82) is 0 Å². The highest BCUT2D eigenvalue weighted by molar-refractivity contribution is 5.17. The molecule has 34 heteroatoms. The summed E-state index contributed by atoms with van der Waals surface area (Å²) >= 11 is 0. The Kier molecular flexibility index (Phi) is 11.5. The van der Waals surface area contributed by atoms with Crippen molar-refractivity contribution in [2.24, 2.45) is 0 Å². The van der Waals surface area contributed by atoms with E-state index < -0.39 is 108 Å². The van der Waals surface area contributed by atoms with Gasteiger partial charge < -0.3 is 0 Å². The van der Waals surface area contributed by atoms with E-state index in [2.05, 4.69) is 0 Å². The van der Waals surface area contributed by atoms with E-state index in [9.17, 15) is 149 Å². The average molecular weight is 866 g/mol. The molecule has 0 aromatic carbocycles. The molecule has 0 heterocycles. The third-order valence-electron chi connectivity index (χ3n) is 6.33. The molecule has 0 aromatic rings. The van der Waals surface area contributed by atoms with Crippen LogP contribution < -0.4 is 0 Å². The fourth-order valence-corrected chi connectivity index (χ4v) is 3.02. The van der Waals surface area contributed by atoms with E-state index in [-0.39, 0.29) is 0 Å². The quantitative estimate of drug-likeness (QED) is 0.144. The highest BCUT2D eigenvalue weighted by Crippen LogP contribution is 2.67. The summed E-state index contributed by atoms with van der Waals surface area (Å²) in [7, 11) is 0. The molecule has 0 fully saturated rings. The molecule has 0 saturated heterocycles. The van der Waals surface area contributed by atoms with Crippen molar-refractivity contribution < 1.29 is 149 Å². The lowest BCUT2D eigenvalue weighted by Gasteiger charge is -2.43. The van der Waals surface area contributed by atoms with Gasteiger partial charge >= 0.3 is 95.3 Å². The molecule has 0 aliphatic rings. The van der Waals surface area contributed by atoms with Gasteiger partial charge in [-0.15, -0.1) is 0 Å². The standard InChI is InChI=1S/C18H4F34/c19-3(20,5(23,24)7(27,28)9(31,32)11(35,36)13(39,40)15(43,44)17(47,48)49)1-2-4(21,22)6(25,26)8(29,30)10(33,34)12(37,38)14(41,42)16(45,46)18(50,51)52/h1-2H2. The van der Waals surface area contributed by atoms with Crippen LogP contribution in [0.5, 0.6) is 0 Å². The molecular formula is C18H4F34. The number of halogens is 34. The molecule has 0 N–H and O–H groups in total. The lowest BCUT2D eigenvalue weighted by molar-refractivity contribution is -0.464. The molecule has 0 unspecified atom stereocenters. The Morgan fingerprint density at radius 3 is 0.404 bits per heavy atom. The molecule has 0 bridgehead atoms. The van der Waals surface area contributed by atoms with E-state index in [4.69, 9.17) is 0 Å². The van der Waals surface area contributed by atoms with Gasteiger partial charge in [0.05, 0.1) is 0 Å².